The van der Waals surface area contributed by atoms with E-state index in [1.807, 2.05) is 11.4 Å². The van der Waals surface area contributed by atoms with Crippen molar-refractivity contribution in [2.45, 2.75) is 39.7 Å². The van der Waals surface area contributed by atoms with Gasteiger partial charge in [-0.2, -0.15) is 9.61 Å². The third kappa shape index (κ3) is 2.41. The molecule has 0 amide bonds. The molecule has 4 rings (SSSR count). The second kappa shape index (κ2) is 5.86. The molecule has 1 aliphatic heterocycles. The van der Waals surface area contributed by atoms with E-state index in [1.165, 1.54) is 4.88 Å². The molecule has 0 spiro atoms. The Morgan fingerprint density at radius 3 is 2.79 bits per heavy atom. The van der Waals surface area contributed by atoms with Gasteiger partial charge in [0.15, 0.2) is 5.65 Å². The highest BCUT2D eigenvalue weighted by molar-refractivity contribution is 7.13. The van der Waals surface area contributed by atoms with E-state index in [0.29, 0.717) is 6.54 Å². The van der Waals surface area contributed by atoms with Crippen LogP contribution < -0.4 is 4.90 Å². The Balaban J connectivity index is 1.96. The second-order valence-electron chi connectivity index (χ2n) is 6.56. The van der Waals surface area contributed by atoms with Crippen LogP contribution in [0.15, 0.2) is 17.5 Å². The first-order chi connectivity index (χ1) is 11.6. The van der Waals surface area contributed by atoms with E-state index in [0.717, 1.165) is 53.4 Å². The lowest BCUT2D eigenvalue weighted by atomic mass is 10.1. The third-order valence-electron chi connectivity index (χ3n) is 4.85. The molecule has 0 aliphatic carbocycles. The van der Waals surface area contributed by atoms with Gasteiger partial charge >= 0.3 is 0 Å². The number of thiophene rings is 1. The first-order valence-electron chi connectivity index (χ1n) is 8.39. The quantitative estimate of drug-likeness (QED) is 0.776. The minimum Gasteiger partial charge on any atom is -0.391 e. The molecule has 1 atom stereocenters. The maximum absolute atomic E-state index is 10.1. The van der Waals surface area contributed by atoms with Crippen molar-refractivity contribution in [3.63, 3.8) is 0 Å². The molecule has 0 saturated carbocycles. The minimum atomic E-state index is -0.268. The molecule has 0 radical (unpaired) electrons. The van der Waals surface area contributed by atoms with E-state index in [1.54, 1.807) is 11.3 Å². The van der Waals surface area contributed by atoms with Gasteiger partial charge in [0.2, 0.25) is 0 Å². The fourth-order valence-corrected chi connectivity index (χ4v) is 4.37. The Kier molecular flexibility index (Phi) is 3.81. The highest BCUT2D eigenvalue weighted by Crippen LogP contribution is 2.35. The zero-order valence-electron chi connectivity index (χ0n) is 14.3. The number of hydrogen-bond acceptors (Lipinski definition) is 5. The van der Waals surface area contributed by atoms with Crippen molar-refractivity contribution in [2.75, 3.05) is 18.0 Å². The summed E-state index contributed by atoms with van der Waals surface area (Å²) in [6.07, 6.45) is 1.61. The Morgan fingerprint density at radius 1 is 1.25 bits per heavy atom. The van der Waals surface area contributed by atoms with E-state index in [-0.39, 0.29) is 6.10 Å². The number of fused-ring (bicyclic) bond motifs is 1. The summed E-state index contributed by atoms with van der Waals surface area (Å²) >= 11 is 1.71. The lowest BCUT2D eigenvalue weighted by Crippen LogP contribution is -2.40. The fraction of sp³-hybridized carbons (Fsp3) is 0.444. The molecular formula is C18H22N4OS. The summed E-state index contributed by atoms with van der Waals surface area (Å²) in [5.74, 6) is 1.07. The maximum Gasteiger partial charge on any atom is 0.166 e. The number of nitrogens with zero attached hydrogens (tertiary/aromatic N) is 4. The lowest BCUT2D eigenvalue weighted by Gasteiger charge is -2.33. The summed E-state index contributed by atoms with van der Waals surface area (Å²) in [6.45, 7) is 7.80. The number of rotatable bonds is 2. The van der Waals surface area contributed by atoms with Crippen LogP contribution in [-0.4, -0.2) is 38.9 Å². The number of anilines is 1. The fourth-order valence-electron chi connectivity index (χ4n) is 3.56. The number of aryl methyl sites for hydroxylation is 2. The molecule has 1 aliphatic rings. The van der Waals surface area contributed by atoms with Gasteiger partial charge in [-0.1, -0.05) is 6.07 Å². The Hall–Kier alpha value is -1.92. The normalized spacial score (nSPS) is 18.5. The van der Waals surface area contributed by atoms with Crippen molar-refractivity contribution in [3.8, 4) is 10.4 Å². The summed E-state index contributed by atoms with van der Waals surface area (Å²) in [4.78, 5) is 8.30. The summed E-state index contributed by atoms with van der Waals surface area (Å²) in [5, 5.41) is 17.0. The van der Waals surface area contributed by atoms with E-state index in [4.69, 9.17) is 10.1 Å². The first kappa shape index (κ1) is 15.6. The molecule has 126 valence electrons. The van der Waals surface area contributed by atoms with E-state index in [9.17, 15) is 5.11 Å². The lowest BCUT2D eigenvalue weighted by molar-refractivity contribution is 0.153. The van der Waals surface area contributed by atoms with Crippen molar-refractivity contribution >= 4 is 22.8 Å². The van der Waals surface area contributed by atoms with Crippen LogP contribution >= 0.6 is 11.3 Å². The predicted molar refractivity (Wildman–Crippen MR) is 98.0 cm³/mol. The van der Waals surface area contributed by atoms with Crippen LogP contribution in [0, 0.1) is 20.8 Å². The Labute approximate surface area is 145 Å². The molecule has 1 N–H and O–H groups in total. The van der Waals surface area contributed by atoms with Crippen molar-refractivity contribution in [3.05, 3.63) is 34.5 Å². The van der Waals surface area contributed by atoms with Gasteiger partial charge in [0.05, 0.1) is 17.4 Å². The number of aromatic nitrogens is 3. The van der Waals surface area contributed by atoms with E-state index < -0.39 is 0 Å². The molecule has 0 bridgehead atoms. The van der Waals surface area contributed by atoms with Crippen LogP contribution in [0.5, 0.6) is 0 Å². The summed E-state index contributed by atoms with van der Waals surface area (Å²) in [5.41, 5.74) is 5.18. The number of aliphatic hydroxyl groups excluding tert-OH is 1. The van der Waals surface area contributed by atoms with Gasteiger partial charge in [0.1, 0.15) is 5.82 Å². The molecule has 1 fully saturated rings. The molecule has 24 heavy (non-hydrogen) atoms. The number of hydrogen-bond donors (Lipinski definition) is 1. The van der Waals surface area contributed by atoms with Crippen LogP contribution in [0.25, 0.3) is 16.1 Å². The molecular weight excluding hydrogens is 320 g/mol. The molecule has 1 saturated heterocycles. The monoisotopic (exact) mass is 342 g/mol. The van der Waals surface area contributed by atoms with Crippen LogP contribution in [0.1, 0.15) is 29.8 Å². The van der Waals surface area contributed by atoms with Crippen LogP contribution in [0.3, 0.4) is 0 Å². The van der Waals surface area contributed by atoms with E-state index in [2.05, 4.69) is 36.3 Å². The third-order valence-corrected chi connectivity index (χ3v) is 5.74. The second-order valence-corrected chi connectivity index (χ2v) is 7.51. The Morgan fingerprint density at radius 2 is 2.08 bits per heavy atom. The molecule has 6 heteroatoms. The van der Waals surface area contributed by atoms with Crippen molar-refractivity contribution in [1.82, 2.24) is 14.6 Å². The van der Waals surface area contributed by atoms with Crippen LogP contribution in [0.2, 0.25) is 0 Å². The number of β-amino-alcohol motifs (C(OH)–C–C–N with tert-alkyl or cyclic N) is 1. The number of piperidine rings is 1. The molecule has 0 aromatic carbocycles. The molecule has 3 aromatic heterocycles. The summed E-state index contributed by atoms with van der Waals surface area (Å²) in [7, 11) is 0. The topological polar surface area (TPSA) is 53.7 Å². The predicted octanol–water partition coefficient (Wildman–Crippen LogP) is 3.34. The van der Waals surface area contributed by atoms with Crippen molar-refractivity contribution in [1.29, 1.82) is 0 Å². The van der Waals surface area contributed by atoms with Gasteiger partial charge in [0.25, 0.3) is 0 Å². The molecule has 0 unspecified atom stereocenters. The highest BCUT2D eigenvalue weighted by atomic mass is 32.1. The van der Waals surface area contributed by atoms with Crippen LogP contribution in [-0.2, 0) is 0 Å². The minimum absolute atomic E-state index is 0.268. The largest absolute Gasteiger partial charge is 0.391 e. The van der Waals surface area contributed by atoms with Crippen molar-refractivity contribution in [2.24, 2.45) is 0 Å². The van der Waals surface area contributed by atoms with Crippen LogP contribution in [0.4, 0.5) is 5.82 Å². The summed E-state index contributed by atoms with van der Waals surface area (Å²) < 4.78 is 1.98. The first-order valence-corrected chi connectivity index (χ1v) is 9.27. The van der Waals surface area contributed by atoms with E-state index >= 15 is 0 Å². The average molecular weight is 342 g/mol. The van der Waals surface area contributed by atoms with Gasteiger partial charge in [-0.25, -0.2) is 4.98 Å². The molecule has 3 aromatic rings. The SMILES string of the molecule is Cc1nc2c(-c3cccs3)c(C)nn2c(N2CCC[C@@H](O)C2)c1C. The van der Waals surface area contributed by atoms with Gasteiger partial charge < -0.3 is 10.0 Å². The van der Waals surface area contributed by atoms with Crippen molar-refractivity contribution < 1.29 is 5.11 Å². The number of aliphatic hydroxyl groups is 1. The Bertz CT molecular complexity index is 884. The zero-order valence-corrected chi connectivity index (χ0v) is 15.1. The highest BCUT2D eigenvalue weighted by Gasteiger charge is 2.25. The smallest absolute Gasteiger partial charge is 0.166 e. The van der Waals surface area contributed by atoms with Gasteiger partial charge in [0, 0.05) is 29.2 Å². The standard InChI is InChI=1S/C18H22N4OS/c1-11-12(2)19-17-16(15-7-5-9-24-15)13(3)20-22(17)18(11)21-8-4-6-14(23)10-21/h5,7,9,14,23H,4,6,8,10H2,1-3H3/t14-/m1/s1. The molecule has 4 heterocycles. The average Bonchev–Trinajstić information content (AvgIpc) is 3.15. The summed E-state index contributed by atoms with van der Waals surface area (Å²) in [6, 6.07) is 4.18. The van der Waals surface area contributed by atoms with Gasteiger partial charge in [-0.05, 0) is 45.1 Å². The van der Waals surface area contributed by atoms with Gasteiger partial charge in [-0.3, -0.25) is 0 Å². The molecule has 5 nitrogen and oxygen atoms in total. The zero-order chi connectivity index (χ0) is 16.8. The maximum atomic E-state index is 10.1. The van der Waals surface area contributed by atoms with Gasteiger partial charge in [-0.15, -0.1) is 11.3 Å².